The second kappa shape index (κ2) is 11.5. The maximum absolute atomic E-state index is 16.0. The van der Waals surface area contributed by atoms with E-state index < -0.39 is 56.3 Å². The first kappa shape index (κ1) is 29.7. The van der Waals surface area contributed by atoms with Crippen LogP contribution in [-0.4, -0.2) is 62.0 Å². The number of carbonyl (C=O) groups is 1. The van der Waals surface area contributed by atoms with Crippen LogP contribution in [0.25, 0.3) is 0 Å². The number of rotatable bonds is 10. The second-order valence-electron chi connectivity index (χ2n) is 8.68. The smallest absolute Gasteiger partial charge is 0.459 e. The van der Waals surface area contributed by atoms with Gasteiger partial charge in [-0.2, -0.15) is 5.09 Å². The van der Waals surface area contributed by atoms with Crippen LogP contribution >= 0.6 is 20.0 Å². The maximum Gasteiger partial charge on any atom is 0.459 e. The molecule has 0 radical (unpaired) electrons. The molecule has 2 heterocycles. The predicted octanol–water partition coefficient (Wildman–Crippen LogP) is 2.25. The molecule has 0 saturated carbocycles. The summed E-state index contributed by atoms with van der Waals surface area (Å²) >= 11 is 5.10. The molecular weight excluding hydrogens is 542 g/mol. The number of carbonyl (C=O) groups excluding carboxylic acids is 1. The van der Waals surface area contributed by atoms with Crippen LogP contribution in [0.15, 0.2) is 42.6 Å². The first-order valence-electron chi connectivity index (χ1n) is 11.3. The molecule has 0 spiro atoms. The van der Waals surface area contributed by atoms with E-state index in [0.717, 1.165) is 4.57 Å². The van der Waals surface area contributed by atoms with Crippen molar-refractivity contribution in [2.45, 2.75) is 56.7 Å². The van der Waals surface area contributed by atoms with Crippen molar-refractivity contribution < 1.29 is 42.5 Å². The van der Waals surface area contributed by atoms with E-state index in [9.17, 15) is 19.6 Å². The highest BCUT2D eigenvalue weighted by atomic mass is 32.1. The van der Waals surface area contributed by atoms with Gasteiger partial charge in [-0.1, -0.05) is 24.1 Å². The minimum Gasteiger partial charge on any atom is -0.462 e. The van der Waals surface area contributed by atoms with Crippen molar-refractivity contribution in [2.75, 3.05) is 12.3 Å². The van der Waals surface area contributed by atoms with Crippen molar-refractivity contribution in [1.82, 2.24) is 14.6 Å². The number of hydrogen-bond acceptors (Lipinski definition) is 11. The standard InChI is InChI=1S/C23H28FN4O8PS/c1-5-22(31)19(30)23(24,35-20(22)28-12-11-17(25)26-21(28)38)13-33-37(32,36-16-9-7-6-8-10-16)27-15(4)18(29)34-14(2)3/h1,6-12,14-15,19-20,30-31H,13H2,2-4H3,(H,27,32)(H2,25,26,38)/t15-,19?,20+,22+,23+,37?/m0/s1. The summed E-state index contributed by atoms with van der Waals surface area (Å²) < 4.78 is 51.6. The largest absolute Gasteiger partial charge is 0.462 e. The van der Waals surface area contributed by atoms with Crippen LogP contribution < -0.4 is 15.3 Å². The molecule has 1 aliphatic heterocycles. The number of benzene rings is 1. The molecule has 206 valence electrons. The molecule has 0 amide bonds. The number of halogens is 1. The summed E-state index contributed by atoms with van der Waals surface area (Å²) in [5.41, 5.74) is 2.94. The highest BCUT2D eigenvalue weighted by Gasteiger charge is 2.65. The zero-order valence-electron chi connectivity index (χ0n) is 20.7. The molecule has 5 N–H and O–H groups in total. The summed E-state index contributed by atoms with van der Waals surface area (Å²) in [6.07, 6.45) is 2.03. The highest BCUT2D eigenvalue weighted by molar-refractivity contribution is 7.71. The van der Waals surface area contributed by atoms with E-state index in [1.165, 1.54) is 31.3 Å². The predicted molar refractivity (Wildman–Crippen MR) is 136 cm³/mol. The lowest BCUT2D eigenvalue weighted by Crippen LogP contribution is -2.50. The number of aliphatic hydroxyl groups is 2. The van der Waals surface area contributed by atoms with Gasteiger partial charge in [0, 0.05) is 6.20 Å². The third kappa shape index (κ3) is 6.39. The van der Waals surface area contributed by atoms with Crippen molar-refractivity contribution >= 4 is 31.8 Å². The van der Waals surface area contributed by atoms with Gasteiger partial charge in [-0.05, 0) is 51.2 Å². The van der Waals surface area contributed by atoms with E-state index in [1.807, 2.05) is 5.92 Å². The SMILES string of the molecule is C#C[C@@]1(O)C(O)[C@@](F)(COP(=O)(N[C@@H](C)C(=O)OC(C)C)Oc2ccccc2)O[C@H]1n1ccc(N)nc1=S. The molecule has 1 aliphatic rings. The van der Waals surface area contributed by atoms with Crippen LogP contribution in [0, 0.1) is 17.1 Å². The molecule has 12 nitrogen and oxygen atoms in total. The number of esters is 1. The Kier molecular flexibility index (Phi) is 8.95. The fraction of sp³-hybridized carbons (Fsp3) is 0.435. The normalized spacial score (nSPS) is 27.3. The molecule has 1 aromatic carbocycles. The number of terminal acetylenes is 1. The van der Waals surface area contributed by atoms with Gasteiger partial charge < -0.3 is 29.9 Å². The number of hydrogen-bond donors (Lipinski definition) is 4. The number of nitrogen functional groups attached to an aromatic ring is 1. The molecule has 2 aromatic rings. The summed E-state index contributed by atoms with van der Waals surface area (Å²) in [5.74, 6) is -1.98. The van der Waals surface area contributed by atoms with Gasteiger partial charge in [0.1, 0.15) is 24.2 Å². The molecule has 1 saturated heterocycles. The Balaban J connectivity index is 1.89. The summed E-state index contributed by atoms with van der Waals surface area (Å²) in [7, 11) is -4.55. The lowest BCUT2D eigenvalue weighted by molar-refractivity contribution is -0.203. The molecule has 0 bridgehead atoms. The number of aromatic nitrogens is 2. The lowest BCUT2D eigenvalue weighted by Gasteiger charge is -2.28. The van der Waals surface area contributed by atoms with Crippen molar-refractivity contribution in [3.63, 3.8) is 0 Å². The first-order valence-corrected chi connectivity index (χ1v) is 13.2. The topological polar surface area (TPSA) is 167 Å². The van der Waals surface area contributed by atoms with Gasteiger partial charge in [-0.3, -0.25) is 13.9 Å². The van der Waals surface area contributed by atoms with E-state index in [-0.39, 0.29) is 16.3 Å². The summed E-state index contributed by atoms with van der Waals surface area (Å²) in [6.45, 7) is 3.33. The van der Waals surface area contributed by atoms with Crippen molar-refractivity contribution in [3.05, 3.63) is 47.4 Å². The quantitative estimate of drug-likeness (QED) is 0.143. The number of para-hydroxylation sites is 1. The Morgan fingerprint density at radius 2 is 2.05 bits per heavy atom. The van der Waals surface area contributed by atoms with Crippen molar-refractivity contribution in [2.24, 2.45) is 0 Å². The van der Waals surface area contributed by atoms with Crippen LogP contribution in [-0.2, 0) is 23.4 Å². The third-order valence-corrected chi connectivity index (χ3v) is 7.23. The van der Waals surface area contributed by atoms with Gasteiger partial charge >= 0.3 is 13.7 Å². The lowest BCUT2D eigenvalue weighted by atomic mass is 9.94. The molecule has 38 heavy (non-hydrogen) atoms. The van der Waals surface area contributed by atoms with Gasteiger partial charge in [0.25, 0.3) is 5.85 Å². The number of ether oxygens (including phenoxy) is 2. The van der Waals surface area contributed by atoms with Gasteiger partial charge in [0.15, 0.2) is 12.3 Å². The maximum atomic E-state index is 16.0. The van der Waals surface area contributed by atoms with E-state index >= 15 is 4.39 Å². The molecular formula is C23H28FN4O8PS. The van der Waals surface area contributed by atoms with Crippen LogP contribution in [0.5, 0.6) is 5.75 Å². The van der Waals surface area contributed by atoms with Crippen LogP contribution in [0.3, 0.4) is 0 Å². The second-order valence-corrected chi connectivity index (χ2v) is 10.7. The van der Waals surface area contributed by atoms with Gasteiger partial charge in [-0.25, -0.2) is 13.9 Å². The first-order chi connectivity index (χ1) is 17.7. The average Bonchev–Trinajstić information content (AvgIpc) is 3.05. The Morgan fingerprint density at radius 3 is 2.63 bits per heavy atom. The number of alkyl halides is 1. The average molecular weight is 571 g/mol. The minimum absolute atomic E-state index is 0.0408. The van der Waals surface area contributed by atoms with E-state index in [2.05, 4.69) is 10.1 Å². The van der Waals surface area contributed by atoms with Gasteiger partial charge in [0.05, 0.1) is 6.10 Å². The Morgan fingerprint density at radius 1 is 1.39 bits per heavy atom. The Labute approximate surface area is 223 Å². The van der Waals surface area contributed by atoms with E-state index in [4.69, 9.17) is 42.9 Å². The monoisotopic (exact) mass is 570 g/mol. The van der Waals surface area contributed by atoms with Crippen LogP contribution in [0.4, 0.5) is 10.2 Å². The molecule has 1 aromatic heterocycles. The van der Waals surface area contributed by atoms with Crippen molar-refractivity contribution in [3.8, 4) is 18.1 Å². The highest BCUT2D eigenvalue weighted by Crippen LogP contribution is 2.50. The molecule has 15 heteroatoms. The van der Waals surface area contributed by atoms with Crippen molar-refractivity contribution in [1.29, 1.82) is 0 Å². The summed E-state index contributed by atoms with van der Waals surface area (Å²) in [4.78, 5) is 16.1. The Hall–Kier alpha value is -2.89. The Bertz CT molecular complexity index is 1310. The minimum atomic E-state index is -4.55. The number of anilines is 1. The zero-order valence-corrected chi connectivity index (χ0v) is 22.4. The molecule has 6 atom stereocenters. The fourth-order valence-corrected chi connectivity index (χ4v) is 5.21. The summed E-state index contributed by atoms with van der Waals surface area (Å²) in [6, 6.07) is 7.81. The number of nitrogens with two attached hydrogens (primary N) is 1. The molecule has 2 unspecified atom stereocenters. The number of nitrogens with zero attached hydrogens (tertiary/aromatic N) is 2. The molecule has 0 aliphatic carbocycles. The third-order valence-electron chi connectivity index (χ3n) is 5.30. The van der Waals surface area contributed by atoms with Gasteiger partial charge in [0.2, 0.25) is 10.4 Å². The molecule has 1 fully saturated rings. The zero-order chi connectivity index (χ0) is 28.3. The van der Waals surface area contributed by atoms with Crippen LogP contribution in [0.2, 0.25) is 0 Å². The number of nitrogens with one attached hydrogen (secondary N) is 1. The fourth-order valence-electron chi connectivity index (χ4n) is 3.45. The summed E-state index contributed by atoms with van der Waals surface area (Å²) in [5, 5.41) is 24.1. The van der Waals surface area contributed by atoms with E-state index in [1.54, 1.807) is 32.0 Å². The molecule has 3 rings (SSSR count). The van der Waals surface area contributed by atoms with E-state index in [0.29, 0.717) is 0 Å². The van der Waals surface area contributed by atoms with Crippen LogP contribution in [0.1, 0.15) is 27.0 Å². The van der Waals surface area contributed by atoms with Gasteiger partial charge in [-0.15, -0.1) is 6.42 Å². The number of aliphatic hydroxyl groups excluding tert-OH is 1.